The lowest BCUT2D eigenvalue weighted by molar-refractivity contribution is 0.102. The van der Waals surface area contributed by atoms with E-state index in [1.165, 1.54) is 4.88 Å². The SMILES string of the molecule is COc1cccc(C=Nc2sc3c(c2C(=O)Nc2ccccc2)CC[C@H](C(C)(C)C)C3)c1OC. The number of thiophene rings is 1. The zero-order valence-electron chi connectivity index (χ0n) is 20.5. The molecule has 0 fully saturated rings. The van der Waals surface area contributed by atoms with Crippen molar-refractivity contribution in [3.63, 3.8) is 0 Å². The molecule has 2 aromatic carbocycles. The van der Waals surface area contributed by atoms with Gasteiger partial charge in [0, 0.05) is 22.3 Å². The summed E-state index contributed by atoms with van der Waals surface area (Å²) in [5.74, 6) is 1.74. The molecule has 0 bridgehead atoms. The van der Waals surface area contributed by atoms with Crippen LogP contribution in [0, 0.1) is 11.3 Å². The number of hydrogen-bond acceptors (Lipinski definition) is 5. The molecule has 0 saturated heterocycles. The normalized spacial score (nSPS) is 15.7. The molecule has 0 spiro atoms. The summed E-state index contributed by atoms with van der Waals surface area (Å²) in [6.07, 6.45) is 4.71. The highest BCUT2D eigenvalue weighted by Crippen LogP contribution is 2.45. The van der Waals surface area contributed by atoms with E-state index in [1.54, 1.807) is 31.8 Å². The van der Waals surface area contributed by atoms with E-state index in [-0.39, 0.29) is 11.3 Å². The van der Waals surface area contributed by atoms with Crippen molar-refractivity contribution < 1.29 is 14.3 Å². The van der Waals surface area contributed by atoms with Crippen molar-refractivity contribution in [3.05, 3.63) is 70.1 Å². The summed E-state index contributed by atoms with van der Waals surface area (Å²) >= 11 is 1.63. The van der Waals surface area contributed by atoms with Crippen molar-refractivity contribution >= 4 is 34.1 Å². The molecule has 0 aliphatic heterocycles. The number of methoxy groups -OCH3 is 2. The Hall–Kier alpha value is -3.12. The lowest BCUT2D eigenvalue weighted by atomic mass is 9.72. The Labute approximate surface area is 205 Å². The average molecular weight is 477 g/mol. The molecule has 0 radical (unpaired) electrons. The first-order chi connectivity index (χ1) is 16.3. The van der Waals surface area contributed by atoms with Gasteiger partial charge in [0.15, 0.2) is 11.5 Å². The minimum atomic E-state index is -0.109. The summed E-state index contributed by atoms with van der Waals surface area (Å²) in [6, 6.07) is 15.3. The third kappa shape index (κ3) is 5.02. The van der Waals surface area contributed by atoms with Gasteiger partial charge >= 0.3 is 0 Å². The van der Waals surface area contributed by atoms with Crippen molar-refractivity contribution in [2.75, 3.05) is 19.5 Å². The second-order valence-corrected chi connectivity index (χ2v) is 10.7. The molecule has 6 heteroatoms. The van der Waals surface area contributed by atoms with Gasteiger partial charge in [-0.1, -0.05) is 45.0 Å². The maximum Gasteiger partial charge on any atom is 0.259 e. The number of benzene rings is 2. The van der Waals surface area contributed by atoms with Gasteiger partial charge in [0.1, 0.15) is 5.00 Å². The van der Waals surface area contributed by atoms with Gasteiger partial charge in [-0.05, 0) is 60.4 Å². The van der Waals surface area contributed by atoms with Crippen LogP contribution in [0.3, 0.4) is 0 Å². The molecule has 1 N–H and O–H groups in total. The summed E-state index contributed by atoms with van der Waals surface area (Å²) in [7, 11) is 3.23. The number of hydrogen-bond donors (Lipinski definition) is 1. The number of aliphatic imine (C=N–C) groups is 1. The van der Waals surface area contributed by atoms with Crippen molar-refractivity contribution in [1.82, 2.24) is 0 Å². The lowest BCUT2D eigenvalue weighted by Gasteiger charge is -2.33. The topological polar surface area (TPSA) is 59.9 Å². The van der Waals surface area contributed by atoms with Gasteiger partial charge in [-0.25, -0.2) is 4.99 Å². The first-order valence-corrected chi connectivity index (χ1v) is 12.4. The van der Waals surface area contributed by atoms with E-state index in [9.17, 15) is 4.79 Å². The highest BCUT2D eigenvalue weighted by Gasteiger charge is 2.33. The molecule has 178 valence electrons. The number of nitrogens with one attached hydrogen (secondary N) is 1. The zero-order chi connectivity index (χ0) is 24.3. The van der Waals surface area contributed by atoms with Crippen LogP contribution in [0.2, 0.25) is 0 Å². The average Bonchev–Trinajstić information content (AvgIpc) is 3.20. The first-order valence-electron chi connectivity index (χ1n) is 11.6. The first kappa shape index (κ1) is 24.0. The van der Waals surface area contributed by atoms with Gasteiger partial charge in [0.25, 0.3) is 5.91 Å². The largest absolute Gasteiger partial charge is 0.493 e. The number of carbonyl (C=O) groups excluding carboxylic acids is 1. The summed E-state index contributed by atoms with van der Waals surface area (Å²) < 4.78 is 11.0. The summed E-state index contributed by atoms with van der Waals surface area (Å²) in [6.45, 7) is 6.90. The third-order valence-electron chi connectivity index (χ3n) is 6.48. The van der Waals surface area contributed by atoms with Crippen LogP contribution in [-0.4, -0.2) is 26.3 Å². The van der Waals surface area contributed by atoms with Crippen LogP contribution in [0.5, 0.6) is 11.5 Å². The highest BCUT2D eigenvalue weighted by molar-refractivity contribution is 7.16. The number of anilines is 1. The number of rotatable bonds is 6. The van der Waals surface area contributed by atoms with E-state index in [4.69, 9.17) is 14.5 Å². The number of ether oxygens (including phenoxy) is 2. The van der Waals surface area contributed by atoms with Crippen LogP contribution >= 0.6 is 11.3 Å². The summed E-state index contributed by atoms with van der Waals surface area (Å²) in [5.41, 5.74) is 3.64. The fourth-order valence-corrected chi connectivity index (χ4v) is 5.76. The van der Waals surface area contributed by atoms with Crippen molar-refractivity contribution in [1.29, 1.82) is 0 Å². The number of fused-ring (bicyclic) bond motifs is 1. The minimum absolute atomic E-state index is 0.109. The molecular formula is C28H32N2O3S. The Balaban J connectivity index is 1.74. The van der Waals surface area contributed by atoms with Gasteiger partial charge in [0.05, 0.1) is 19.8 Å². The fraction of sp³-hybridized carbons (Fsp3) is 0.357. The number of nitrogens with zero attached hydrogens (tertiary/aromatic N) is 1. The molecule has 1 heterocycles. The molecule has 1 amide bonds. The minimum Gasteiger partial charge on any atom is -0.493 e. The van der Waals surface area contributed by atoms with Gasteiger partial charge in [0.2, 0.25) is 0 Å². The smallest absolute Gasteiger partial charge is 0.259 e. The van der Waals surface area contributed by atoms with E-state index in [0.29, 0.717) is 23.0 Å². The predicted octanol–water partition coefficient (Wildman–Crippen LogP) is 6.92. The molecular weight excluding hydrogens is 444 g/mol. The Bertz CT molecular complexity index is 1190. The molecule has 5 nitrogen and oxygen atoms in total. The van der Waals surface area contributed by atoms with Crippen LogP contribution in [0.15, 0.2) is 53.5 Å². The Morgan fingerprint density at radius 2 is 1.85 bits per heavy atom. The van der Waals surface area contributed by atoms with E-state index in [1.807, 2.05) is 48.5 Å². The number of para-hydroxylation sites is 2. The molecule has 0 unspecified atom stereocenters. The third-order valence-corrected chi connectivity index (χ3v) is 7.65. The van der Waals surface area contributed by atoms with Crippen molar-refractivity contribution in [2.45, 2.75) is 40.0 Å². The molecule has 4 rings (SSSR count). The second kappa shape index (κ2) is 10.0. The van der Waals surface area contributed by atoms with Crippen LogP contribution in [0.25, 0.3) is 0 Å². The molecule has 3 aromatic rings. The molecule has 34 heavy (non-hydrogen) atoms. The Morgan fingerprint density at radius 1 is 1.09 bits per heavy atom. The summed E-state index contributed by atoms with van der Waals surface area (Å²) in [5, 5.41) is 3.80. The lowest BCUT2D eigenvalue weighted by Crippen LogP contribution is -2.27. The second-order valence-electron chi connectivity index (χ2n) is 9.65. The summed E-state index contributed by atoms with van der Waals surface area (Å²) in [4.78, 5) is 19.5. The molecule has 1 aromatic heterocycles. The fourth-order valence-electron chi connectivity index (χ4n) is 4.49. The number of carbonyl (C=O) groups is 1. The van der Waals surface area contributed by atoms with E-state index in [0.717, 1.165) is 41.1 Å². The van der Waals surface area contributed by atoms with Crippen LogP contribution in [0.4, 0.5) is 10.7 Å². The van der Waals surface area contributed by atoms with Crippen LogP contribution in [-0.2, 0) is 12.8 Å². The van der Waals surface area contributed by atoms with Gasteiger partial charge in [-0.15, -0.1) is 11.3 Å². The van der Waals surface area contributed by atoms with E-state index >= 15 is 0 Å². The van der Waals surface area contributed by atoms with Crippen LogP contribution < -0.4 is 14.8 Å². The van der Waals surface area contributed by atoms with Gasteiger partial charge in [-0.3, -0.25) is 4.79 Å². The molecule has 1 aliphatic rings. The van der Waals surface area contributed by atoms with E-state index in [2.05, 4.69) is 26.1 Å². The van der Waals surface area contributed by atoms with E-state index < -0.39 is 0 Å². The van der Waals surface area contributed by atoms with Crippen molar-refractivity contribution in [3.8, 4) is 11.5 Å². The standard InChI is InChI=1S/C28H32N2O3S/c1-28(2,3)19-14-15-21-23(16-19)34-27(24(21)26(31)30-20-11-7-6-8-12-20)29-17-18-10-9-13-22(32-4)25(18)33-5/h6-13,17,19H,14-16H2,1-5H3,(H,30,31)/t19-/m0/s1. The van der Waals surface area contributed by atoms with Gasteiger partial charge < -0.3 is 14.8 Å². The van der Waals surface area contributed by atoms with Crippen LogP contribution in [0.1, 0.15) is 53.6 Å². The van der Waals surface area contributed by atoms with Crippen molar-refractivity contribution in [2.24, 2.45) is 16.3 Å². The molecule has 1 atom stereocenters. The molecule has 1 aliphatic carbocycles. The predicted molar refractivity (Wildman–Crippen MR) is 140 cm³/mol. The number of amides is 1. The molecule has 0 saturated carbocycles. The maximum absolute atomic E-state index is 13.5. The maximum atomic E-state index is 13.5. The Morgan fingerprint density at radius 3 is 2.53 bits per heavy atom. The highest BCUT2D eigenvalue weighted by atomic mass is 32.1. The van der Waals surface area contributed by atoms with Gasteiger partial charge in [-0.2, -0.15) is 0 Å². The monoisotopic (exact) mass is 476 g/mol. The quantitative estimate of drug-likeness (QED) is 0.393. The zero-order valence-corrected chi connectivity index (χ0v) is 21.3. The Kier molecular flexibility index (Phi) is 7.08.